The van der Waals surface area contributed by atoms with Crippen molar-refractivity contribution in [3.63, 3.8) is 0 Å². The van der Waals surface area contributed by atoms with E-state index < -0.39 is 0 Å². The third-order valence-electron chi connectivity index (χ3n) is 3.72. The lowest BCUT2D eigenvalue weighted by Gasteiger charge is -2.36. The zero-order valence-electron chi connectivity index (χ0n) is 12.3. The molecule has 1 N–H and O–H groups in total. The molecule has 2 rings (SSSR count). The highest BCUT2D eigenvalue weighted by molar-refractivity contribution is 5.08. The number of nitrogens with zero attached hydrogens (tertiary/aromatic N) is 3. The van der Waals surface area contributed by atoms with Crippen molar-refractivity contribution < 1.29 is 9.84 Å². The van der Waals surface area contributed by atoms with Gasteiger partial charge in [-0.3, -0.25) is 4.90 Å². The third kappa shape index (κ3) is 3.78. The number of aliphatic hydroxyl groups is 1. The summed E-state index contributed by atoms with van der Waals surface area (Å²) >= 11 is 0. The molecule has 0 aliphatic carbocycles. The van der Waals surface area contributed by atoms with E-state index in [-0.39, 0.29) is 18.3 Å². The van der Waals surface area contributed by atoms with Gasteiger partial charge in [0.25, 0.3) is 0 Å². The van der Waals surface area contributed by atoms with E-state index in [2.05, 4.69) is 23.7 Å². The van der Waals surface area contributed by atoms with Crippen LogP contribution in [0.25, 0.3) is 0 Å². The average Bonchev–Trinajstić information content (AvgIpc) is 2.59. The van der Waals surface area contributed by atoms with Gasteiger partial charge < -0.3 is 14.4 Å². The predicted octanol–water partition coefficient (Wildman–Crippen LogP) is 0.970. The third-order valence-corrected chi connectivity index (χ3v) is 3.72. The molecule has 3 unspecified atom stereocenters. The molecule has 2 heterocycles. The van der Waals surface area contributed by atoms with Gasteiger partial charge >= 0.3 is 0 Å². The van der Waals surface area contributed by atoms with Crippen LogP contribution in [-0.4, -0.2) is 57.5 Å². The molecule has 1 aliphatic heterocycles. The van der Waals surface area contributed by atoms with Gasteiger partial charge in [0.1, 0.15) is 0 Å². The lowest BCUT2D eigenvalue weighted by molar-refractivity contribution is -0.0772. The molecule has 1 fully saturated rings. The summed E-state index contributed by atoms with van der Waals surface area (Å²) in [5.74, 6) is 0. The van der Waals surface area contributed by atoms with Crippen molar-refractivity contribution in [3.05, 3.63) is 17.7 Å². The molecular weight excluding hydrogens is 242 g/mol. The van der Waals surface area contributed by atoms with Crippen molar-refractivity contribution in [1.82, 2.24) is 14.5 Å². The number of aliphatic hydroxyl groups excluding tert-OH is 1. The molecule has 1 aromatic rings. The Balaban J connectivity index is 1.87. The van der Waals surface area contributed by atoms with Crippen molar-refractivity contribution in [2.75, 3.05) is 19.6 Å². The van der Waals surface area contributed by atoms with Crippen molar-refractivity contribution >= 4 is 0 Å². The summed E-state index contributed by atoms with van der Waals surface area (Å²) < 4.78 is 7.72. The van der Waals surface area contributed by atoms with E-state index in [1.807, 2.05) is 18.4 Å². The van der Waals surface area contributed by atoms with Gasteiger partial charge in [0.2, 0.25) is 0 Å². The van der Waals surface area contributed by atoms with Crippen LogP contribution in [0.3, 0.4) is 0 Å². The first-order valence-corrected chi connectivity index (χ1v) is 7.00. The van der Waals surface area contributed by atoms with Gasteiger partial charge in [0.15, 0.2) is 0 Å². The fourth-order valence-electron chi connectivity index (χ4n) is 2.74. The zero-order chi connectivity index (χ0) is 14.0. The van der Waals surface area contributed by atoms with Gasteiger partial charge in [0, 0.05) is 25.3 Å². The standard InChI is InChI=1S/C14H25N3O2/c1-10-5-16(6-11(2)19-10)7-14(18)8-17-9-15-12(3)13(17)4/h9-11,14,18H,5-8H2,1-4H3. The van der Waals surface area contributed by atoms with Crippen LogP contribution in [0.1, 0.15) is 25.2 Å². The predicted molar refractivity (Wildman–Crippen MR) is 74.2 cm³/mol. The Labute approximate surface area is 115 Å². The molecule has 5 heteroatoms. The van der Waals surface area contributed by atoms with Crippen LogP contribution in [0.5, 0.6) is 0 Å². The van der Waals surface area contributed by atoms with Crippen molar-refractivity contribution in [2.45, 2.75) is 52.6 Å². The van der Waals surface area contributed by atoms with Crippen LogP contribution < -0.4 is 0 Å². The second-order valence-electron chi connectivity index (χ2n) is 5.70. The highest BCUT2D eigenvalue weighted by atomic mass is 16.5. The second-order valence-corrected chi connectivity index (χ2v) is 5.70. The molecule has 0 radical (unpaired) electrons. The maximum Gasteiger partial charge on any atom is 0.0952 e. The number of morpholine rings is 1. The number of hydrogen-bond acceptors (Lipinski definition) is 4. The molecule has 1 aliphatic rings. The van der Waals surface area contributed by atoms with E-state index in [4.69, 9.17) is 4.74 Å². The summed E-state index contributed by atoms with van der Waals surface area (Å²) in [6.07, 6.45) is 1.92. The highest BCUT2D eigenvalue weighted by Gasteiger charge is 2.24. The Morgan fingerprint density at radius 1 is 1.32 bits per heavy atom. The largest absolute Gasteiger partial charge is 0.390 e. The molecule has 108 valence electrons. The van der Waals surface area contributed by atoms with E-state index in [1.165, 1.54) is 0 Å². The molecule has 19 heavy (non-hydrogen) atoms. The average molecular weight is 267 g/mol. The Bertz CT molecular complexity index is 409. The van der Waals surface area contributed by atoms with Crippen molar-refractivity contribution in [3.8, 4) is 0 Å². The Hall–Kier alpha value is -0.910. The Morgan fingerprint density at radius 3 is 2.47 bits per heavy atom. The number of ether oxygens (including phenoxy) is 1. The van der Waals surface area contributed by atoms with Gasteiger partial charge in [-0.2, -0.15) is 0 Å². The number of β-amino-alcohol motifs (C(OH)–C–C–N with tert-alkyl or cyclic N) is 1. The lowest BCUT2D eigenvalue weighted by Crippen LogP contribution is -2.48. The molecule has 0 aromatic carbocycles. The summed E-state index contributed by atoms with van der Waals surface area (Å²) in [7, 11) is 0. The lowest BCUT2D eigenvalue weighted by atomic mass is 10.2. The minimum Gasteiger partial charge on any atom is -0.390 e. The first-order valence-electron chi connectivity index (χ1n) is 7.00. The van der Waals surface area contributed by atoms with Gasteiger partial charge in [-0.1, -0.05) is 0 Å². The first-order chi connectivity index (χ1) is 8.95. The minimum absolute atomic E-state index is 0.244. The second kappa shape index (κ2) is 6.03. The maximum absolute atomic E-state index is 10.2. The molecule has 1 aromatic heterocycles. The summed E-state index contributed by atoms with van der Waals surface area (Å²) in [5, 5.41) is 10.2. The van der Waals surface area contributed by atoms with Crippen molar-refractivity contribution in [1.29, 1.82) is 0 Å². The molecule has 3 atom stereocenters. The first kappa shape index (κ1) is 14.5. The summed E-state index contributed by atoms with van der Waals surface area (Å²) in [6, 6.07) is 0. The number of aryl methyl sites for hydroxylation is 1. The van der Waals surface area contributed by atoms with Crippen LogP contribution in [0.2, 0.25) is 0 Å². The summed E-state index contributed by atoms with van der Waals surface area (Å²) in [4.78, 5) is 6.54. The minimum atomic E-state index is -0.371. The van der Waals surface area contributed by atoms with Crippen LogP contribution in [0.4, 0.5) is 0 Å². The highest BCUT2D eigenvalue weighted by Crippen LogP contribution is 2.12. The number of rotatable bonds is 4. The van der Waals surface area contributed by atoms with Crippen molar-refractivity contribution in [2.24, 2.45) is 0 Å². The normalized spacial score (nSPS) is 26.6. The van der Waals surface area contributed by atoms with Crippen LogP contribution in [0.15, 0.2) is 6.33 Å². The van der Waals surface area contributed by atoms with Gasteiger partial charge in [-0.05, 0) is 27.7 Å². The van der Waals surface area contributed by atoms with Crippen LogP contribution >= 0.6 is 0 Å². The maximum atomic E-state index is 10.2. The van der Waals surface area contributed by atoms with Gasteiger partial charge in [0.05, 0.1) is 36.9 Å². The molecule has 1 saturated heterocycles. The monoisotopic (exact) mass is 267 g/mol. The van der Waals surface area contributed by atoms with E-state index in [0.717, 1.165) is 24.5 Å². The van der Waals surface area contributed by atoms with Gasteiger partial charge in [-0.25, -0.2) is 4.98 Å². The van der Waals surface area contributed by atoms with Crippen LogP contribution in [0, 0.1) is 13.8 Å². The van der Waals surface area contributed by atoms with E-state index >= 15 is 0 Å². The van der Waals surface area contributed by atoms with E-state index in [9.17, 15) is 5.11 Å². The van der Waals surface area contributed by atoms with Gasteiger partial charge in [-0.15, -0.1) is 0 Å². The molecular formula is C14H25N3O2. The number of hydrogen-bond donors (Lipinski definition) is 1. The summed E-state index contributed by atoms with van der Waals surface area (Å²) in [5.41, 5.74) is 2.16. The molecule has 0 saturated carbocycles. The smallest absolute Gasteiger partial charge is 0.0952 e. The topological polar surface area (TPSA) is 50.5 Å². The molecule has 0 amide bonds. The number of aromatic nitrogens is 2. The molecule has 0 spiro atoms. The number of imidazole rings is 1. The SMILES string of the molecule is Cc1ncn(CC(O)CN2CC(C)OC(C)C2)c1C. The Kier molecular flexibility index (Phi) is 4.60. The van der Waals surface area contributed by atoms with E-state index in [0.29, 0.717) is 13.1 Å². The fraction of sp³-hybridized carbons (Fsp3) is 0.786. The fourth-order valence-corrected chi connectivity index (χ4v) is 2.74. The zero-order valence-corrected chi connectivity index (χ0v) is 12.3. The quantitative estimate of drug-likeness (QED) is 0.883. The molecule has 5 nitrogen and oxygen atoms in total. The molecule has 0 bridgehead atoms. The van der Waals surface area contributed by atoms with E-state index in [1.54, 1.807) is 6.33 Å². The summed E-state index contributed by atoms with van der Waals surface area (Å²) in [6.45, 7) is 11.3. The Morgan fingerprint density at radius 2 is 1.95 bits per heavy atom. The van der Waals surface area contributed by atoms with Crippen LogP contribution in [-0.2, 0) is 11.3 Å².